The topological polar surface area (TPSA) is 138 Å². The molecule has 42 heavy (non-hydrogen) atoms. The van der Waals surface area contributed by atoms with E-state index < -0.39 is 29.8 Å². The molecule has 5 N–H and O–H groups in total. The second kappa shape index (κ2) is 14.8. The van der Waals surface area contributed by atoms with E-state index >= 15 is 0 Å². The fraction of sp³-hybridized carbons (Fsp3) is 0.935. The van der Waals surface area contributed by atoms with E-state index in [4.69, 9.17) is 29.0 Å². The van der Waals surface area contributed by atoms with Crippen LogP contribution in [0.3, 0.4) is 0 Å². The van der Waals surface area contributed by atoms with Gasteiger partial charge in [0.05, 0.1) is 19.3 Å². The highest BCUT2D eigenvalue weighted by Gasteiger charge is 2.59. The van der Waals surface area contributed by atoms with Crippen LogP contribution in [0.15, 0.2) is 11.6 Å². The highest BCUT2D eigenvalue weighted by Crippen LogP contribution is 2.67. The predicted molar refractivity (Wildman–Crippen MR) is 163 cm³/mol. The van der Waals surface area contributed by atoms with Gasteiger partial charge in [0.25, 0.3) is 0 Å². The quantitative estimate of drug-likeness (QED) is 0.0589. The Morgan fingerprint density at radius 1 is 0.929 bits per heavy atom. The third kappa shape index (κ3) is 8.14. The lowest BCUT2D eigenvalue weighted by Gasteiger charge is -2.58. The van der Waals surface area contributed by atoms with Gasteiger partial charge in [-0.1, -0.05) is 65.5 Å². The Balaban J connectivity index is 1.28. The molecule has 11 heteroatoms. The zero-order chi connectivity index (χ0) is 30.7. The summed E-state index contributed by atoms with van der Waals surface area (Å²) >= 11 is 0. The van der Waals surface area contributed by atoms with Gasteiger partial charge in [-0.25, -0.2) is 0 Å². The molecule has 3 saturated carbocycles. The fourth-order valence-corrected chi connectivity index (χ4v) is 10.3. The molecule has 4 aliphatic carbocycles. The lowest BCUT2D eigenvalue weighted by molar-refractivity contribution is -0.301. The Morgan fingerprint density at radius 3 is 2.31 bits per heavy atom. The normalized spacial score (nSPS) is 35.7. The van der Waals surface area contributed by atoms with Gasteiger partial charge in [0, 0.05) is 0 Å². The van der Waals surface area contributed by atoms with E-state index in [0.29, 0.717) is 5.41 Å². The van der Waals surface area contributed by atoms with Gasteiger partial charge in [0.15, 0.2) is 0 Å². The zero-order valence-electron chi connectivity index (χ0n) is 26.3. The van der Waals surface area contributed by atoms with Crippen LogP contribution in [0.1, 0.15) is 105 Å². The fourth-order valence-electron chi connectivity index (χ4n) is 9.59. The summed E-state index contributed by atoms with van der Waals surface area (Å²) in [6.07, 6.45) is 16.6. The van der Waals surface area contributed by atoms with Crippen molar-refractivity contribution < 1.29 is 43.2 Å². The molecule has 8 atom stereocenters. The molecule has 0 bridgehead atoms. The lowest BCUT2D eigenvalue weighted by Crippen LogP contribution is -2.51. The maximum absolute atomic E-state index is 10.1. The van der Waals surface area contributed by atoms with E-state index in [1.165, 1.54) is 51.4 Å². The first-order valence-electron chi connectivity index (χ1n) is 16.1. The molecule has 0 aromatic rings. The molecule has 244 valence electrons. The van der Waals surface area contributed by atoms with E-state index in [1.807, 2.05) is 0 Å². The Hall–Kier alpha value is 0.240. The predicted octanol–water partition coefficient (Wildman–Crippen LogP) is 6.53. The van der Waals surface area contributed by atoms with E-state index in [1.54, 1.807) is 5.57 Å². The molecule has 0 radical (unpaired) electrons. The van der Waals surface area contributed by atoms with E-state index in [-0.39, 0.29) is 24.7 Å². The van der Waals surface area contributed by atoms with Gasteiger partial charge in [-0.2, -0.15) is 0 Å². The van der Waals surface area contributed by atoms with Crippen molar-refractivity contribution >= 4 is 17.2 Å². The van der Waals surface area contributed by atoms with E-state index in [0.717, 1.165) is 54.8 Å². The average molecular weight is 635 g/mol. The van der Waals surface area contributed by atoms with Crippen LogP contribution >= 0.6 is 17.2 Å². The van der Waals surface area contributed by atoms with Crippen LogP contribution in [-0.2, 0) is 18.5 Å². The molecule has 0 aromatic carbocycles. The molecule has 0 heterocycles. The molecule has 9 nitrogen and oxygen atoms in total. The average Bonchev–Trinajstić information content (AvgIpc) is 3.24. The van der Waals surface area contributed by atoms with Crippen molar-refractivity contribution in [1.82, 2.24) is 0 Å². The Labute approximate surface area is 255 Å². The van der Waals surface area contributed by atoms with Crippen LogP contribution < -0.4 is 0 Å². The molecule has 4 aliphatic rings. The summed E-state index contributed by atoms with van der Waals surface area (Å²) in [4.78, 5) is 36.0. The van der Waals surface area contributed by atoms with Gasteiger partial charge in [0.1, 0.15) is 6.61 Å². The van der Waals surface area contributed by atoms with Crippen LogP contribution in [0, 0.1) is 46.3 Å². The number of aliphatic hydroxyl groups is 1. The molecule has 0 amide bonds. The molecule has 0 spiro atoms. The summed E-state index contributed by atoms with van der Waals surface area (Å²) < 4.78 is 20.4. The van der Waals surface area contributed by atoms with Crippen LogP contribution in [0.5, 0.6) is 0 Å². The number of hydrogen-bond acceptors (Lipinski definition) is 9. The van der Waals surface area contributed by atoms with Crippen molar-refractivity contribution in [2.75, 3.05) is 19.8 Å². The van der Waals surface area contributed by atoms with Crippen LogP contribution in [0.4, 0.5) is 0 Å². The number of rotatable bonds is 15. The molecular formula is C31H56O9P2. The van der Waals surface area contributed by atoms with Gasteiger partial charge in [-0.15, -0.1) is 0 Å². The van der Waals surface area contributed by atoms with Gasteiger partial charge >= 0.3 is 23.2 Å². The number of fused-ring (bicyclic) bond motifs is 5. The molecule has 0 saturated heterocycles. The summed E-state index contributed by atoms with van der Waals surface area (Å²) in [5.41, 5.74) is 2.32. The third-order valence-corrected chi connectivity index (χ3v) is 12.5. The second-order valence-corrected chi connectivity index (χ2v) is 15.9. The van der Waals surface area contributed by atoms with E-state index in [2.05, 4.69) is 49.7 Å². The van der Waals surface area contributed by atoms with Crippen molar-refractivity contribution in [2.45, 2.75) is 117 Å². The Bertz CT molecular complexity index is 892. The first kappa shape index (κ1) is 35.1. The van der Waals surface area contributed by atoms with Crippen molar-refractivity contribution in [3.63, 3.8) is 0 Å². The van der Waals surface area contributed by atoms with Crippen LogP contribution in [0.25, 0.3) is 0 Å². The zero-order valence-corrected chi connectivity index (χ0v) is 28.1. The molecule has 0 aliphatic heterocycles. The molecular weight excluding hydrogens is 578 g/mol. The molecule has 8 unspecified atom stereocenters. The first-order valence-corrected chi connectivity index (χ1v) is 18.5. The summed E-state index contributed by atoms with van der Waals surface area (Å²) in [7, 11) is -5.99. The standard InChI is InChI=1S/C31H56O9P2/c1-21(2)7-6-8-22(3)26-11-12-27-25-10-9-23-19-24(13-15-29(23,4)28(25)14-16-30(26,27)5)38-18-17-37-20-31(32,39-41(33)34)40-42(35)36/h9,21-22,24-28,32-36H,6-8,10-20H2,1-5H3. The summed E-state index contributed by atoms with van der Waals surface area (Å²) in [6, 6.07) is 0. The maximum Gasteiger partial charge on any atom is 0.331 e. The highest BCUT2D eigenvalue weighted by atomic mass is 31.2. The first-order chi connectivity index (χ1) is 19.8. The monoisotopic (exact) mass is 634 g/mol. The van der Waals surface area contributed by atoms with Gasteiger partial charge in [-0.05, 0) is 97.7 Å². The van der Waals surface area contributed by atoms with Crippen molar-refractivity contribution in [1.29, 1.82) is 0 Å². The minimum atomic E-state index is -2.99. The third-order valence-electron chi connectivity index (χ3n) is 11.6. The largest absolute Gasteiger partial charge is 0.375 e. The Kier molecular flexibility index (Phi) is 12.3. The van der Waals surface area contributed by atoms with E-state index in [9.17, 15) is 5.11 Å². The summed E-state index contributed by atoms with van der Waals surface area (Å²) in [6.45, 7) is 12.2. The Morgan fingerprint density at radius 2 is 1.64 bits per heavy atom. The van der Waals surface area contributed by atoms with Gasteiger partial charge < -0.3 is 34.2 Å². The van der Waals surface area contributed by atoms with Gasteiger partial charge in [-0.3, -0.25) is 9.05 Å². The van der Waals surface area contributed by atoms with Gasteiger partial charge in [0.2, 0.25) is 0 Å². The second-order valence-electron chi connectivity index (χ2n) is 14.5. The van der Waals surface area contributed by atoms with Crippen molar-refractivity contribution in [2.24, 2.45) is 46.3 Å². The summed E-state index contributed by atoms with van der Waals surface area (Å²) in [5, 5.41) is 10.1. The number of allylic oxidation sites excluding steroid dienone is 1. The van der Waals surface area contributed by atoms with Crippen LogP contribution in [0.2, 0.25) is 0 Å². The SMILES string of the molecule is CC(C)CCCC(C)C1CCC2C3CC=C4CC(OCCOCC(O)(OP(O)O)OP(O)O)CCC4(C)C3CCC12C. The smallest absolute Gasteiger partial charge is 0.331 e. The van der Waals surface area contributed by atoms with Crippen molar-refractivity contribution in [3.05, 3.63) is 11.6 Å². The number of hydrogen-bond donors (Lipinski definition) is 5. The highest BCUT2D eigenvalue weighted by molar-refractivity contribution is 7.40. The molecule has 0 aromatic heterocycles. The lowest BCUT2D eigenvalue weighted by atomic mass is 9.47. The minimum Gasteiger partial charge on any atom is -0.375 e. The number of ether oxygens (including phenoxy) is 2. The molecule has 4 rings (SSSR count). The summed E-state index contributed by atoms with van der Waals surface area (Å²) in [5.74, 6) is 2.26. The maximum atomic E-state index is 10.1. The van der Waals surface area contributed by atoms with Crippen molar-refractivity contribution in [3.8, 4) is 0 Å². The minimum absolute atomic E-state index is 0.105. The van der Waals surface area contributed by atoms with Crippen LogP contribution in [-0.4, -0.2) is 56.6 Å². The molecule has 3 fully saturated rings.